The third-order valence-electron chi connectivity index (χ3n) is 7.66. The van der Waals surface area contributed by atoms with Crippen LogP contribution < -0.4 is 0 Å². The molecule has 3 aromatic rings. The Morgan fingerprint density at radius 3 is 2.42 bits per heavy atom. The average molecular weight is 538 g/mol. The third kappa shape index (κ3) is 4.69. The summed E-state index contributed by atoms with van der Waals surface area (Å²) in [5, 5.41) is 4.53. The van der Waals surface area contributed by atoms with E-state index in [1.54, 1.807) is 35.1 Å². The lowest BCUT2D eigenvalue weighted by Gasteiger charge is -2.45. The number of piperidine rings is 1. The van der Waals surface area contributed by atoms with Crippen molar-refractivity contribution in [3.05, 3.63) is 82.9 Å². The highest BCUT2D eigenvalue weighted by molar-refractivity contribution is 7.89. The quantitative estimate of drug-likeness (QED) is 0.433. The fourth-order valence-corrected chi connectivity index (χ4v) is 7.01. The van der Waals surface area contributed by atoms with Crippen molar-refractivity contribution < 1.29 is 22.3 Å². The van der Waals surface area contributed by atoms with Gasteiger partial charge in [0.05, 0.1) is 36.0 Å². The van der Waals surface area contributed by atoms with E-state index in [0.29, 0.717) is 19.4 Å². The van der Waals surface area contributed by atoms with Crippen LogP contribution in [-0.2, 0) is 31.4 Å². The molecule has 1 aliphatic carbocycles. The number of halogens is 1. The molecule has 7 nitrogen and oxygen atoms in total. The van der Waals surface area contributed by atoms with Crippen LogP contribution in [0.25, 0.3) is 11.8 Å². The predicted molar refractivity (Wildman–Crippen MR) is 143 cm³/mol. The number of carbonyl (C=O) groups excluding carboxylic acids is 1. The normalized spacial score (nSPS) is 19.9. The van der Waals surface area contributed by atoms with Crippen LogP contribution in [0.1, 0.15) is 50.4 Å². The minimum atomic E-state index is -3.78. The van der Waals surface area contributed by atoms with Gasteiger partial charge in [0, 0.05) is 18.5 Å². The number of ether oxygens (including phenoxy) is 1. The number of carbonyl (C=O) groups is 1. The summed E-state index contributed by atoms with van der Waals surface area (Å²) in [6.07, 6.45) is 4.74. The maximum absolute atomic E-state index is 13.7. The number of benzene rings is 2. The molecule has 0 amide bonds. The third-order valence-corrected chi connectivity index (χ3v) is 9.52. The number of fused-ring (bicyclic) bond motifs is 2. The summed E-state index contributed by atoms with van der Waals surface area (Å²) in [6.45, 7) is 6.72. The molecule has 1 aliphatic heterocycles. The van der Waals surface area contributed by atoms with Crippen LogP contribution in [-0.4, -0.2) is 48.7 Å². The van der Waals surface area contributed by atoms with Crippen molar-refractivity contribution in [1.82, 2.24) is 14.1 Å². The molecule has 1 aromatic heterocycles. The second-order valence-corrected chi connectivity index (χ2v) is 13.1. The van der Waals surface area contributed by atoms with Gasteiger partial charge in [-0.3, -0.25) is 4.79 Å². The largest absolute Gasteiger partial charge is 0.469 e. The van der Waals surface area contributed by atoms with Crippen LogP contribution in [0.4, 0.5) is 4.39 Å². The molecule has 0 N–H and O–H groups in total. The Morgan fingerprint density at radius 2 is 1.79 bits per heavy atom. The second kappa shape index (κ2) is 9.47. The fraction of sp³-hybridized carbons (Fsp3) is 0.379. The molecule has 0 saturated carbocycles. The first-order valence-electron chi connectivity index (χ1n) is 12.6. The van der Waals surface area contributed by atoms with E-state index in [2.05, 4.69) is 25.9 Å². The van der Waals surface area contributed by atoms with E-state index in [-0.39, 0.29) is 35.1 Å². The van der Waals surface area contributed by atoms with E-state index in [1.807, 2.05) is 18.2 Å². The van der Waals surface area contributed by atoms with E-state index >= 15 is 0 Å². The number of hydrogen-bond acceptors (Lipinski definition) is 5. The predicted octanol–water partition coefficient (Wildman–Crippen LogP) is 4.89. The van der Waals surface area contributed by atoms with Crippen molar-refractivity contribution >= 4 is 22.1 Å². The summed E-state index contributed by atoms with van der Waals surface area (Å²) in [5.41, 5.74) is 3.71. The summed E-state index contributed by atoms with van der Waals surface area (Å²) >= 11 is 0. The molecule has 1 atom stereocenters. The van der Waals surface area contributed by atoms with E-state index < -0.39 is 15.4 Å². The Balaban J connectivity index is 1.50. The minimum absolute atomic E-state index is 0.0610. The molecule has 200 valence electrons. The Morgan fingerprint density at radius 1 is 1.11 bits per heavy atom. The molecule has 38 heavy (non-hydrogen) atoms. The van der Waals surface area contributed by atoms with Gasteiger partial charge >= 0.3 is 5.97 Å². The van der Waals surface area contributed by atoms with Gasteiger partial charge in [-0.1, -0.05) is 38.5 Å². The highest BCUT2D eigenvalue weighted by atomic mass is 32.2. The Kier molecular flexibility index (Phi) is 6.55. The van der Waals surface area contributed by atoms with Crippen LogP contribution in [0.5, 0.6) is 0 Å². The van der Waals surface area contributed by atoms with Crippen LogP contribution in [0.2, 0.25) is 0 Å². The molecule has 5 rings (SSSR count). The summed E-state index contributed by atoms with van der Waals surface area (Å²) in [6, 6.07) is 13.2. The molecule has 0 spiro atoms. The number of sulfonamides is 1. The molecule has 0 radical (unpaired) electrons. The summed E-state index contributed by atoms with van der Waals surface area (Å²) in [4.78, 5) is 12.8. The smallest absolute Gasteiger partial charge is 0.306 e. The molecule has 2 aliphatic rings. The fourth-order valence-electron chi connectivity index (χ4n) is 5.48. The summed E-state index contributed by atoms with van der Waals surface area (Å²) in [7, 11) is -2.43. The summed E-state index contributed by atoms with van der Waals surface area (Å²) < 4.78 is 49.2. The first-order valence-corrected chi connectivity index (χ1v) is 14.1. The maximum Gasteiger partial charge on any atom is 0.306 e. The van der Waals surface area contributed by atoms with Gasteiger partial charge in [0.25, 0.3) is 0 Å². The molecule has 1 fully saturated rings. The molecule has 1 saturated heterocycles. The zero-order chi connectivity index (χ0) is 27.3. The number of hydrogen-bond donors (Lipinski definition) is 0. The SMILES string of the molecule is COC(=O)C[C@]12Cc3cnn(-c4ccc(F)cc4)c3C=C1CCN(S(=O)(=O)c1ccc(C(C)(C)C)cc1)C2. The van der Waals surface area contributed by atoms with Gasteiger partial charge in [-0.25, -0.2) is 17.5 Å². The van der Waals surface area contributed by atoms with Crippen molar-refractivity contribution in [2.45, 2.75) is 50.3 Å². The Labute approximate surface area is 223 Å². The number of rotatable bonds is 5. The average Bonchev–Trinajstić information content (AvgIpc) is 3.28. The van der Waals surface area contributed by atoms with E-state index in [1.165, 1.54) is 23.5 Å². The minimum Gasteiger partial charge on any atom is -0.469 e. The molecule has 2 heterocycles. The number of esters is 1. The second-order valence-electron chi connectivity index (χ2n) is 11.2. The van der Waals surface area contributed by atoms with Crippen LogP contribution in [0.3, 0.4) is 0 Å². The van der Waals surface area contributed by atoms with E-state index in [0.717, 1.165) is 28.1 Å². The first-order chi connectivity index (χ1) is 17.9. The molecule has 0 unspecified atom stereocenters. The van der Waals surface area contributed by atoms with Crippen LogP contribution >= 0.6 is 0 Å². The van der Waals surface area contributed by atoms with E-state index in [4.69, 9.17) is 4.74 Å². The van der Waals surface area contributed by atoms with Gasteiger partial charge in [-0.15, -0.1) is 0 Å². The standard InChI is InChI=1S/C29H32FN3O4S/c1-28(2,3)21-5-11-25(12-6-21)38(35,36)32-14-13-22-15-26-20(16-29(22,19-32)17-27(34)37-4)18-31-33(26)24-9-7-23(30)8-10-24/h5-12,15,18H,13-14,16-17,19H2,1-4H3/t29-/m0/s1. The van der Waals surface area contributed by atoms with Crippen molar-refractivity contribution in [3.8, 4) is 5.69 Å². The van der Waals surface area contributed by atoms with Gasteiger partial charge < -0.3 is 4.74 Å². The zero-order valence-electron chi connectivity index (χ0n) is 22.1. The van der Waals surface area contributed by atoms with Gasteiger partial charge in [0.1, 0.15) is 5.82 Å². The highest BCUT2D eigenvalue weighted by Crippen LogP contribution is 2.47. The number of nitrogens with zero attached hydrogens (tertiary/aromatic N) is 3. The first kappa shape index (κ1) is 26.3. The van der Waals surface area contributed by atoms with Crippen molar-refractivity contribution in [3.63, 3.8) is 0 Å². The molecule has 9 heteroatoms. The molecule has 2 aromatic carbocycles. The topological polar surface area (TPSA) is 81.5 Å². The van der Waals surface area contributed by atoms with Gasteiger partial charge in [-0.05, 0) is 71.9 Å². The van der Waals surface area contributed by atoms with Crippen molar-refractivity contribution in [2.75, 3.05) is 20.2 Å². The lowest BCUT2D eigenvalue weighted by atomic mass is 9.67. The molecule has 0 bridgehead atoms. The summed E-state index contributed by atoms with van der Waals surface area (Å²) in [5.74, 6) is -0.717. The van der Waals surface area contributed by atoms with Gasteiger partial charge in [0.15, 0.2) is 0 Å². The Hall–Kier alpha value is -3.30. The van der Waals surface area contributed by atoms with Gasteiger partial charge in [0.2, 0.25) is 10.0 Å². The lowest BCUT2D eigenvalue weighted by molar-refractivity contribution is -0.143. The number of aromatic nitrogens is 2. The lowest BCUT2D eigenvalue weighted by Crippen LogP contribution is -2.50. The maximum atomic E-state index is 13.7. The van der Waals surface area contributed by atoms with Crippen LogP contribution in [0, 0.1) is 11.2 Å². The van der Waals surface area contributed by atoms with Crippen LogP contribution in [0.15, 0.2) is 65.2 Å². The van der Waals surface area contributed by atoms with Crippen molar-refractivity contribution in [1.29, 1.82) is 0 Å². The van der Waals surface area contributed by atoms with E-state index in [9.17, 15) is 17.6 Å². The number of methoxy groups -OCH3 is 1. The highest BCUT2D eigenvalue weighted by Gasteiger charge is 2.47. The Bertz CT molecular complexity index is 1500. The van der Waals surface area contributed by atoms with Gasteiger partial charge in [-0.2, -0.15) is 9.40 Å². The molecular formula is C29H32FN3O4S. The molecular weight excluding hydrogens is 505 g/mol. The zero-order valence-corrected chi connectivity index (χ0v) is 22.9. The monoisotopic (exact) mass is 537 g/mol. The van der Waals surface area contributed by atoms with Crippen molar-refractivity contribution in [2.24, 2.45) is 5.41 Å².